The molecule has 0 spiro atoms. The minimum Gasteiger partial charge on any atom is -0.364 e. The molecule has 0 aromatic heterocycles. The lowest BCUT2D eigenvalue weighted by Gasteiger charge is -2.39. The van der Waals surface area contributed by atoms with Gasteiger partial charge in [0, 0.05) is 12.2 Å². The monoisotopic (exact) mass is 338 g/mol. The molecule has 0 bridgehead atoms. The average Bonchev–Trinajstić information content (AvgIpc) is 2.68. The number of nitrogens with zero attached hydrogens (tertiary/aromatic N) is 2. The van der Waals surface area contributed by atoms with Crippen molar-refractivity contribution in [1.29, 1.82) is 5.26 Å². The van der Waals surface area contributed by atoms with Crippen LogP contribution in [0.15, 0.2) is 72.8 Å². The summed E-state index contributed by atoms with van der Waals surface area (Å²) in [5.41, 5.74) is 7.24. The summed E-state index contributed by atoms with van der Waals surface area (Å²) in [6.45, 7) is 3.14. The molecule has 0 fully saturated rings. The molecular weight excluding hydrogens is 316 g/mol. The van der Waals surface area contributed by atoms with E-state index in [9.17, 15) is 5.26 Å². The molecule has 0 amide bonds. The number of hydrogen-bond donors (Lipinski definition) is 0. The Hall–Kier alpha value is -3.05. The minimum absolute atomic E-state index is 0.247. The smallest absolute Gasteiger partial charge is 0.0994 e. The van der Waals surface area contributed by atoms with Crippen LogP contribution in [0, 0.1) is 18.3 Å². The summed E-state index contributed by atoms with van der Waals surface area (Å²) in [4.78, 5) is 2.50. The molecule has 2 heteroatoms. The molecule has 128 valence electrons. The van der Waals surface area contributed by atoms with Gasteiger partial charge in [-0.3, -0.25) is 0 Å². The Kier molecular flexibility index (Phi) is 4.46. The fourth-order valence-corrected chi connectivity index (χ4v) is 4.00. The molecule has 0 aliphatic carbocycles. The largest absolute Gasteiger partial charge is 0.364 e. The van der Waals surface area contributed by atoms with Crippen LogP contribution in [-0.4, -0.2) is 6.54 Å². The fraction of sp³-hybridized carbons (Fsp3) is 0.208. The molecule has 0 saturated heterocycles. The predicted molar refractivity (Wildman–Crippen MR) is 106 cm³/mol. The Morgan fingerprint density at radius 2 is 1.81 bits per heavy atom. The fourth-order valence-electron chi connectivity index (χ4n) is 4.00. The zero-order chi connectivity index (χ0) is 17.9. The highest BCUT2D eigenvalue weighted by Gasteiger charge is 2.28. The van der Waals surface area contributed by atoms with Crippen LogP contribution in [0.25, 0.3) is 0 Å². The molecule has 26 heavy (non-hydrogen) atoms. The molecule has 1 aliphatic heterocycles. The van der Waals surface area contributed by atoms with Crippen molar-refractivity contribution in [1.82, 2.24) is 0 Å². The Balaban J connectivity index is 1.78. The first-order valence-corrected chi connectivity index (χ1v) is 9.15. The maximum absolute atomic E-state index is 9.50. The topological polar surface area (TPSA) is 27.0 Å². The van der Waals surface area contributed by atoms with Gasteiger partial charge in [-0.2, -0.15) is 5.26 Å². The van der Waals surface area contributed by atoms with Gasteiger partial charge in [0.05, 0.1) is 17.7 Å². The van der Waals surface area contributed by atoms with Gasteiger partial charge >= 0.3 is 0 Å². The second kappa shape index (κ2) is 7.06. The van der Waals surface area contributed by atoms with E-state index < -0.39 is 0 Å². The quantitative estimate of drug-likeness (QED) is 0.655. The van der Waals surface area contributed by atoms with Gasteiger partial charge in [0.25, 0.3) is 0 Å². The van der Waals surface area contributed by atoms with Crippen LogP contribution in [0.5, 0.6) is 0 Å². The Bertz CT molecular complexity index is 968. The molecule has 2 nitrogen and oxygen atoms in total. The molecule has 0 saturated carbocycles. The predicted octanol–water partition coefficient (Wildman–Crippen LogP) is 5.21. The van der Waals surface area contributed by atoms with Gasteiger partial charge in [0.1, 0.15) is 0 Å². The molecule has 1 aliphatic rings. The molecule has 4 rings (SSSR count). The summed E-state index contributed by atoms with van der Waals surface area (Å²) in [6.07, 6.45) is 1.90. The summed E-state index contributed by atoms with van der Waals surface area (Å²) < 4.78 is 0. The molecule has 0 N–H and O–H groups in total. The van der Waals surface area contributed by atoms with Crippen molar-refractivity contribution in [2.45, 2.75) is 25.8 Å². The van der Waals surface area contributed by atoms with Crippen molar-refractivity contribution in [2.75, 3.05) is 11.4 Å². The van der Waals surface area contributed by atoms with Crippen LogP contribution >= 0.6 is 0 Å². The Morgan fingerprint density at radius 3 is 2.65 bits per heavy atom. The summed E-state index contributed by atoms with van der Waals surface area (Å²) in [6, 6.07) is 28.0. The summed E-state index contributed by atoms with van der Waals surface area (Å²) in [5.74, 6) is 0. The molecule has 1 unspecified atom stereocenters. The van der Waals surface area contributed by atoms with Gasteiger partial charge in [-0.25, -0.2) is 0 Å². The zero-order valence-electron chi connectivity index (χ0n) is 15.0. The van der Waals surface area contributed by atoms with Crippen molar-refractivity contribution < 1.29 is 0 Å². The van der Waals surface area contributed by atoms with Gasteiger partial charge in [-0.15, -0.1) is 0 Å². The molecule has 3 aromatic carbocycles. The van der Waals surface area contributed by atoms with Crippen LogP contribution in [-0.2, 0) is 12.8 Å². The highest BCUT2D eigenvalue weighted by molar-refractivity contribution is 5.54. The highest BCUT2D eigenvalue weighted by atomic mass is 15.2. The number of benzene rings is 3. The highest BCUT2D eigenvalue weighted by Crippen LogP contribution is 2.36. The maximum atomic E-state index is 9.50. The van der Waals surface area contributed by atoms with Crippen molar-refractivity contribution in [3.63, 3.8) is 0 Å². The number of aryl methyl sites for hydroxylation is 1. The first kappa shape index (κ1) is 16.4. The van der Waals surface area contributed by atoms with Crippen LogP contribution in [0.4, 0.5) is 5.69 Å². The van der Waals surface area contributed by atoms with E-state index in [1.54, 1.807) is 0 Å². The van der Waals surface area contributed by atoms with E-state index in [4.69, 9.17) is 0 Å². The summed E-state index contributed by atoms with van der Waals surface area (Å²) >= 11 is 0. The molecule has 0 radical (unpaired) electrons. The number of nitriles is 1. The Morgan fingerprint density at radius 1 is 1.00 bits per heavy atom. The van der Waals surface area contributed by atoms with E-state index in [-0.39, 0.29) is 6.04 Å². The van der Waals surface area contributed by atoms with E-state index in [1.165, 1.54) is 22.4 Å². The lowest BCUT2D eigenvalue weighted by Crippen LogP contribution is -2.36. The van der Waals surface area contributed by atoms with Crippen LogP contribution < -0.4 is 4.90 Å². The molecule has 1 atom stereocenters. The van der Waals surface area contributed by atoms with E-state index in [1.807, 2.05) is 18.2 Å². The molecule has 1 heterocycles. The van der Waals surface area contributed by atoms with E-state index in [2.05, 4.69) is 72.5 Å². The molecular formula is C24H22N2. The summed E-state index contributed by atoms with van der Waals surface area (Å²) in [5, 5.41) is 9.50. The Labute approximate surface area is 155 Å². The van der Waals surface area contributed by atoms with Gasteiger partial charge < -0.3 is 4.90 Å². The maximum Gasteiger partial charge on any atom is 0.0994 e. The second-order valence-electron chi connectivity index (χ2n) is 6.97. The van der Waals surface area contributed by atoms with Crippen molar-refractivity contribution in [2.24, 2.45) is 0 Å². The first-order valence-electron chi connectivity index (χ1n) is 9.15. The third-order valence-electron chi connectivity index (χ3n) is 5.30. The van der Waals surface area contributed by atoms with Crippen LogP contribution in [0.2, 0.25) is 0 Å². The zero-order valence-corrected chi connectivity index (χ0v) is 15.0. The third-order valence-corrected chi connectivity index (χ3v) is 5.30. The summed E-state index contributed by atoms with van der Waals surface area (Å²) in [7, 11) is 0. The van der Waals surface area contributed by atoms with Crippen LogP contribution in [0.1, 0.15) is 33.9 Å². The number of anilines is 1. The molecule has 3 aromatic rings. The first-order chi connectivity index (χ1) is 12.8. The minimum atomic E-state index is 0.247. The van der Waals surface area contributed by atoms with Gasteiger partial charge in [-0.05, 0) is 60.2 Å². The van der Waals surface area contributed by atoms with Crippen molar-refractivity contribution >= 4 is 5.69 Å². The normalized spacial score (nSPS) is 16.0. The van der Waals surface area contributed by atoms with Crippen LogP contribution in [0.3, 0.4) is 0 Å². The average molecular weight is 338 g/mol. The lowest BCUT2D eigenvalue weighted by molar-refractivity contribution is 0.579. The number of rotatable bonds is 3. The number of hydrogen-bond acceptors (Lipinski definition) is 2. The van der Waals surface area contributed by atoms with Gasteiger partial charge in [0.2, 0.25) is 0 Å². The SMILES string of the molecule is Cc1cccc(N2CCc3ccccc3C2Cc2ccccc2C#N)c1. The van der Waals surface area contributed by atoms with E-state index in [0.717, 1.165) is 30.5 Å². The standard InChI is InChI=1S/C24H22N2/c1-18-7-6-11-22(15-18)26-14-13-19-8-4-5-12-23(19)24(26)16-20-9-2-3-10-21(20)17-25/h2-12,15,24H,13-14,16H2,1H3. The van der Waals surface area contributed by atoms with Crippen molar-refractivity contribution in [3.8, 4) is 6.07 Å². The van der Waals surface area contributed by atoms with Gasteiger partial charge in [0.15, 0.2) is 0 Å². The van der Waals surface area contributed by atoms with E-state index in [0.29, 0.717) is 0 Å². The second-order valence-corrected chi connectivity index (χ2v) is 6.97. The lowest BCUT2D eigenvalue weighted by atomic mass is 9.87. The number of fused-ring (bicyclic) bond motifs is 1. The van der Waals surface area contributed by atoms with Gasteiger partial charge in [-0.1, -0.05) is 54.6 Å². The third kappa shape index (κ3) is 3.09. The van der Waals surface area contributed by atoms with E-state index >= 15 is 0 Å². The van der Waals surface area contributed by atoms with Crippen molar-refractivity contribution in [3.05, 3.63) is 101 Å².